The van der Waals surface area contributed by atoms with Gasteiger partial charge in [0.2, 0.25) is 5.91 Å². The van der Waals surface area contributed by atoms with Crippen molar-refractivity contribution in [2.45, 2.75) is 57.9 Å². The summed E-state index contributed by atoms with van der Waals surface area (Å²) in [5.41, 5.74) is 1.50. The number of anilines is 1. The molecule has 2 fully saturated rings. The first-order chi connectivity index (χ1) is 14.6. The Labute approximate surface area is 183 Å². The van der Waals surface area contributed by atoms with Gasteiger partial charge in [0.15, 0.2) is 0 Å². The summed E-state index contributed by atoms with van der Waals surface area (Å²) in [6.07, 6.45) is 9.49. The van der Waals surface area contributed by atoms with Crippen LogP contribution in [0.2, 0.25) is 0 Å². The van der Waals surface area contributed by atoms with Crippen molar-refractivity contribution in [3.05, 3.63) is 16.3 Å². The van der Waals surface area contributed by atoms with Crippen LogP contribution in [-0.4, -0.2) is 65.9 Å². The van der Waals surface area contributed by atoms with E-state index in [1.807, 2.05) is 11.3 Å². The van der Waals surface area contributed by atoms with Gasteiger partial charge in [0, 0.05) is 37.0 Å². The van der Waals surface area contributed by atoms with Crippen molar-refractivity contribution in [1.29, 1.82) is 0 Å². The maximum atomic E-state index is 12.9. The number of thiophene rings is 1. The Balaban J connectivity index is 1.43. The van der Waals surface area contributed by atoms with E-state index in [0.29, 0.717) is 5.91 Å². The molecule has 0 unspecified atom stereocenters. The minimum absolute atomic E-state index is 0.276. The Bertz CT molecular complexity index is 925. The highest BCUT2D eigenvalue weighted by molar-refractivity contribution is 7.19. The lowest BCUT2D eigenvalue weighted by molar-refractivity contribution is -0.135. The van der Waals surface area contributed by atoms with Gasteiger partial charge in [-0.2, -0.15) is 0 Å². The monoisotopic (exact) mass is 427 g/mol. The van der Waals surface area contributed by atoms with E-state index in [1.165, 1.54) is 47.9 Å². The molecule has 2 aromatic heterocycles. The number of aromatic nitrogens is 2. The zero-order chi connectivity index (χ0) is 20.7. The number of piperazine rings is 1. The highest BCUT2D eigenvalue weighted by Gasteiger charge is 2.31. The summed E-state index contributed by atoms with van der Waals surface area (Å²) in [4.78, 5) is 32.2. The molecule has 7 heteroatoms. The van der Waals surface area contributed by atoms with Crippen molar-refractivity contribution in [2.75, 3.05) is 45.2 Å². The summed E-state index contributed by atoms with van der Waals surface area (Å²) in [5, 5.41) is 1.30. The molecule has 1 saturated carbocycles. The number of carbonyl (C=O) groups excluding carboxylic acids is 1. The van der Waals surface area contributed by atoms with Crippen molar-refractivity contribution >= 4 is 33.3 Å². The number of rotatable bonds is 4. The van der Waals surface area contributed by atoms with Crippen LogP contribution in [0, 0.1) is 5.92 Å². The number of nitrogens with zero attached hydrogens (tertiary/aromatic N) is 5. The van der Waals surface area contributed by atoms with E-state index in [2.05, 4.69) is 28.8 Å². The first kappa shape index (κ1) is 20.2. The van der Waals surface area contributed by atoms with Crippen LogP contribution in [0.5, 0.6) is 0 Å². The van der Waals surface area contributed by atoms with Gasteiger partial charge in [0.25, 0.3) is 0 Å². The number of fused-ring (bicyclic) bond motifs is 3. The van der Waals surface area contributed by atoms with Gasteiger partial charge in [-0.3, -0.25) is 4.79 Å². The van der Waals surface area contributed by atoms with E-state index in [4.69, 9.17) is 9.97 Å². The van der Waals surface area contributed by atoms with E-state index in [0.717, 1.165) is 68.5 Å². The van der Waals surface area contributed by atoms with Crippen LogP contribution in [0.3, 0.4) is 0 Å². The van der Waals surface area contributed by atoms with Crippen LogP contribution in [-0.2, 0) is 24.2 Å². The summed E-state index contributed by atoms with van der Waals surface area (Å²) < 4.78 is 0. The van der Waals surface area contributed by atoms with Gasteiger partial charge in [0.05, 0.1) is 11.9 Å². The Morgan fingerprint density at radius 2 is 1.77 bits per heavy atom. The summed E-state index contributed by atoms with van der Waals surface area (Å²) in [5.74, 6) is 2.69. The van der Waals surface area contributed by atoms with Gasteiger partial charge in [-0.25, -0.2) is 9.97 Å². The summed E-state index contributed by atoms with van der Waals surface area (Å²) in [7, 11) is 4.14. The second kappa shape index (κ2) is 8.42. The van der Waals surface area contributed by atoms with Gasteiger partial charge in [-0.05, 0) is 58.2 Å². The topological polar surface area (TPSA) is 52.6 Å². The third-order valence-corrected chi connectivity index (χ3v) is 8.08. The zero-order valence-corrected chi connectivity index (χ0v) is 19.1. The van der Waals surface area contributed by atoms with Crippen molar-refractivity contribution in [3.63, 3.8) is 0 Å². The SMILES string of the molecule is CN(C)Cc1nc(N2CCN(C(=O)C3CCCC3)CC2)c2c3c(sc2n1)CCCC3. The maximum Gasteiger partial charge on any atom is 0.225 e. The molecule has 3 aliphatic rings. The van der Waals surface area contributed by atoms with E-state index < -0.39 is 0 Å². The average Bonchev–Trinajstić information content (AvgIpc) is 3.40. The van der Waals surface area contributed by atoms with E-state index in [9.17, 15) is 4.79 Å². The lowest BCUT2D eigenvalue weighted by atomic mass is 9.97. The van der Waals surface area contributed by atoms with Crippen LogP contribution < -0.4 is 4.90 Å². The highest BCUT2D eigenvalue weighted by Crippen LogP contribution is 2.40. The minimum Gasteiger partial charge on any atom is -0.352 e. The molecule has 2 aliphatic carbocycles. The van der Waals surface area contributed by atoms with Crippen molar-refractivity contribution < 1.29 is 4.79 Å². The predicted octanol–water partition coefficient (Wildman–Crippen LogP) is 3.47. The van der Waals surface area contributed by atoms with Gasteiger partial charge in [-0.15, -0.1) is 11.3 Å². The number of carbonyl (C=O) groups is 1. The van der Waals surface area contributed by atoms with E-state index in [-0.39, 0.29) is 5.92 Å². The van der Waals surface area contributed by atoms with Crippen LogP contribution in [0.4, 0.5) is 5.82 Å². The molecular weight excluding hydrogens is 394 g/mol. The summed E-state index contributed by atoms with van der Waals surface area (Å²) in [6.45, 7) is 4.13. The van der Waals surface area contributed by atoms with Crippen molar-refractivity contribution in [2.24, 2.45) is 5.92 Å². The van der Waals surface area contributed by atoms with E-state index in [1.54, 1.807) is 0 Å². The second-order valence-electron chi connectivity index (χ2n) is 9.39. The zero-order valence-electron chi connectivity index (χ0n) is 18.3. The second-order valence-corrected chi connectivity index (χ2v) is 10.5. The fourth-order valence-electron chi connectivity index (χ4n) is 5.33. The molecule has 6 nitrogen and oxygen atoms in total. The van der Waals surface area contributed by atoms with Crippen LogP contribution >= 0.6 is 11.3 Å². The molecule has 1 saturated heterocycles. The Morgan fingerprint density at radius 1 is 1.03 bits per heavy atom. The number of hydrogen-bond acceptors (Lipinski definition) is 6. The van der Waals surface area contributed by atoms with Gasteiger partial charge in [0.1, 0.15) is 16.5 Å². The van der Waals surface area contributed by atoms with Gasteiger partial charge >= 0.3 is 0 Å². The van der Waals surface area contributed by atoms with Gasteiger partial charge in [-0.1, -0.05) is 12.8 Å². The first-order valence-electron chi connectivity index (χ1n) is 11.6. The van der Waals surface area contributed by atoms with Crippen LogP contribution in [0.15, 0.2) is 0 Å². The van der Waals surface area contributed by atoms with Gasteiger partial charge < -0.3 is 14.7 Å². The molecule has 30 heavy (non-hydrogen) atoms. The average molecular weight is 428 g/mol. The summed E-state index contributed by atoms with van der Waals surface area (Å²) >= 11 is 1.88. The molecule has 0 N–H and O–H groups in total. The standard InChI is InChI=1S/C23H33N5OS/c1-26(2)15-19-24-21(20-17-9-5-6-10-18(17)30-22(20)25-19)27-11-13-28(14-12-27)23(29)16-7-3-4-8-16/h16H,3-15H2,1-2H3. The molecule has 0 atom stereocenters. The maximum absolute atomic E-state index is 12.9. The fraction of sp³-hybridized carbons (Fsp3) is 0.696. The highest BCUT2D eigenvalue weighted by atomic mass is 32.1. The molecule has 2 aromatic rings. The minimum atomic E-state index is 0.276. The molecule has 162 valence electrons. The quantitative estimate of drug-likeness (QED) is 0.748. The predicted molar refractivity (Wildman–Crippen MR) is 122 cm³/mol. The Kier molecular flexibility index (Phi) is 5.67. The lowest BCUT2D eigenvalue weighted by Crippen LogP contribution is -2.50. The number of hydrogen-bond donors (Lipinski definition) is 0. The van der Waals surface area contributed by atoms with Crippen molar-refractivity contribution in [3.8, 4) is 0 Å². The molecular formula is C23H33N5OS. The fourth-order valence-corrected chi connectivity index (χ4v) is 6.61. The number of aryl methyl sites for hydroxylation is 2. The Morgan fingerprint density at radius 3 is 2.50 bits per heavy atom. The van der Waals surface area contributed by atoms with Crippen molar-refractivity contribution in [1.82, 2.24) is 19.8 Å². The lowest BCUT2D eigenvalue weighted by Gasteiger charge is -2.37. The molecule has 5 rings (SSSR count). The smallest absolute Gasteiger partial charge is 0.225 e. The molecule has 0 bridgehead atoms. The normalized spacial score (nSPS) is 20.4. The molecule has 1 aliphatic heterocycles. The first-order valence-corrected chi connectivity index (χ1v) is 12.4. The third-order valence-electron chi connectivity index (χ3n) is 6.89. The summed E-state index contributed by atoms with van der Waals surface area (Å²) in [6, 6.07) is 0. The molecule has 0 aromatic carbocycles. The third kappa shape index (κ3) is 3.82. The number of amides is 1. The molecule has 0 radical (unpaired) electrons. The van der Waals surface area contributed by atoms with Crippen LogP contribution in [0.1, 0.15) is 54.8 Å². The largest absolute Gasteiger partial charge is 0.352 e. The molecule has 0 spiro atoms. The molecule has 1 amide bonds. The Hall–Kier alpha value is -1.73. The molecule has 3 heterocycles. The van der Waals surface area contributed by atoms with Crippen LogP contribution in [0.25, 0.3) is 10.2 Å². The van der Waals surface area contributed by atoms with E-state index >= 15 is 0 Å².